The molecule has 22 heavy (non-hydrogen) atoms. The lowest BCUT2D eigenvalue weighted by atomic mass is 9.92. The zero-order valence-corrected chi connectivity index (χ0v) is 13.6. The lowest BCUT2D eigenvalue weighted by Gasteiger charge is -2.17. The topological polar surface area (TPSA) is 61.5 Å². The molecule has 2 unspecified atom stereocenters. The molecule has 0 amide bonds. The highest BCUT2D eigenvalue weighted by Crippen LogP contribution is 2.38. The fourth-order valence-electron chi connectivity index (χ4n) is 3.22. The van der Waals surface area contributed by atoms with Gasteiger partial charge in [0.25, 0.3) is 0 Å². The van der Waals surface area contributed by atoms with Crippen LogP contribution >= 0.6 is 0 Å². The molecule has 0 heterocycles. The number of hydrogen-bond donors (Lipinski definition) is 1. The van der Waals surface area contributed by atoms with Crippen molar-refractivity contribution >= 4 is 5.97 Å². The Hall–Kier alpha value is -1.55. The molecule has 0 saturated heterocycles. The van der Waals surface area contributed by atoms with Gasteiger partial charge in [0.05, 0.1) is 13.2 Å². The highest BCUT2D eigenvalue weighted by atomic mass is 16.5. The fraction of sp³-hybridized carbons (Fsp3) is 0.611. The molecule has 0 radical (unpaired) electrons. The third-order valence-corrected chi connectivity index (χ3v) is 4.25. The van der Waals surface area contributed by atoms with Crippen molar-refractivity contribution in [2.24, 2.45) is 5.73 Å². The van der Waals surface area contributed by atoms with Crippen molar-refractivity contribution < 1.29 is 14.3 Å². The van der Waals surface area contributed by atoms with E-state index in [1.807, 2.05) is 19.9 Å². The van der Waals surface area contributed by atoms with Crippen LogP contribution in [0.4, 0.5) is 0 Å². The minimum absolute atomic E-state index is 0.0998. The van der Waals surface area contributed by atoms with E-state index >= 15 is 0 Å². The molecule has 2 N–H and O–H groups in total. The molecule has 0 fully saturated rings. The summed E-state index contributed by atoms with van der Waals surface area (Å²) in [6.45, 7) is 4.96. The number of benzene rings is 1. The fourth-order valence-corrected chi connectivity index (χ4v) is 3.22. The van der Waals surface area contributed by atoms with Crippen molar-refractivity contribution in [1.29, 1.82) is 0 Å². The third kappa shape index (κ3) is 4.23. The summed E-state index contributed by atoms with van der Waals surface area (Å²) in [5, 5.41) is 0. The summed E-state index contributed by atoms with van der Waals surface area (Å²) in [4.78, 5) is 11.4. The Bertz CT molecular complexity index is 501. The van der Waals surface area contributed by atoms with Crippen LogP contribution in [0.25, 0.3) is 0 Å². The van der Waals surface area contributed by atoms with Gasteiger partial charge in [-0.15, -0.1) is 0 Å². The molecule has 1 aromatic carbocycles. The van der Waals surface area contributed by atoms with E-state index < -0.39 is 0 Å². The second-order valence-corrected chi connectivity index (χ2v) is 5.82. The van der Waals surface area contributed by atoms with Crippen LogP contribution in [0.2, 0.25) is 0 Å². The lowest BCUT2D eigenvalue weighted by molar-refractivity contribution is -0.143. The molecule has 4 heteroatoms. The van der Waals surface area contributed by atoms with Gasteiger partial charge in [-0.05, 0) is 62.3 Å². The first-order valence-electron chi connectivity index (χ1n) is 8.32. The molecule has 0 spiro atoms. The van der Waals surface area contributed by atoms with Crippen molar-refractivity contribution in [3.63, 3.8) is 0 Å². The number of hydrogen-bond acceptors (Lipinski definition) is 4. The first-order valence-corrected chi connectivity index (χ1v) is 8.32. The second kappa shape index (κ2) is 8.18. The lowest BCUT2D eigenvalue weighted by Crippen LogP contribution is -2.24. The summed E-state index contributed by atoms with van der Waals surface area (Å²) >= 11 is 0. The maximum Gasteiger partial charge on any atom is 0.305 e. The first-order chi connectivity index (χ1) is 10.7. The molecule has 0 aliphatic heterocycles. The molecule has 1 aromatic rings. The van der Waals surface area contributed by atoms with E-state index in [4.69, 9.17) is 15.2 Å². The van der Waals surface area contributed by atoms with Gasteiger partial charge >= 0.3 is 5.97 Å². The van der Waals surface area contributed by atoms with Gasteiger partial charge in [-0.2, -0.15) is 0 Å². The highest BCUT2D eigenvalue weighted by Gasteiger charge is 2.29. The third-order valence-electron chi connectivity index (χ3n) is 4.25. The minimum Gasteiger partial charge on any atom is -0.494 e. The molecule has 1 aliphatic rings. The zero-order valence-electron chi connectivity index (χ0n) is 13.6. The average molecular weight is 305 g/mol. The molecule has 0 aromatic heterocycles. The van der Waals surface area contributed by atoms with Crippen LogP contribution in [-0.2, 0) is 16.0 Å². The first kappa shape index (κ1) is 16.8. The zero-order chi connectivity index (χ0) is 15.9. The largest absolute Gasteiger partial charge is 0.494 e. The van der Waals surface area contributed by atoms with E-state index in [-0.39, 0.29) is 12.0 Å². The molecule has 122 valence electrons. The second-order valence-electron chi connectivity index (χ2n) is 5.82. The van der Waals surface area contributed by atoms with Crippen molar-refractivity contribution in [1.82, 2.24) is 0 Å². The quantitative estimate of drug-likeness (QED) is 0.592. The minimum atomic E-state index is -0.0998. The van der Waals surface area contributed by atoms with Crippen molar-refractivity contribution in [3.05, 3.63) is 29.3 Å². The molecule has 2 rings (SSSR count). The van der Waals surface area contributed by atoms with Crippen LogP contribution in [0.5, 0.6) is 5.75 Å². The van der Waals surface area contributed by atoms with Crippen molar-refractivity contribution in [3.8, 4) is 5.75 Å². The predicted octanol–water partition coefficient (Wildman–Crippen LogP) is 3.18. The van der Waals surface area contributed by atoms with E-state index in [1.54, 1.807) is 0 Å². The van der Waals surface area contributed by atoms with Gasteiger partial charge in [0.15, 0.2) is 0 Å². The van der Waals surface area contributed by atoms with Gasteiger partial charge in [-0.1, -0.05) is 12.5 Å². The van der Waals surface area contributed by atoms with E-state index in [2.05, 4.69) is 12.1 Å². The Labute approximate surface area is 133 Å². The predicted molar refractivity (Wildman–Crippen MR) is 87.1 cm³/mol. The molecule has 2 atom stereocenters. The number of carbonyl (C=O) groups excluding carboxylic acids is 1. The number of ether oxygens (including phenoxy) is 2. The number of carbonyl (C=O) groups is 1. The van der Waals surface area contributed by atoms with E-state index in [9.17, 15) is 4.79 Å². The summed E-state index contributed by atoms with van der Waals surface area (Å²) in [5.74, 6) is 1.20. The summed E-state index contributed by atoms with van der Waals surface area (Å²) in [6.07, 6.45) is 4.31. The molecular formula is C18H27NO3. The Morgan fingerprint density at radius 2 is 2.09 bits per heavy atom. The normalized spacial score (nSPS) is 19.8. The van der Waals surface area contributed by atoms with Gasteiger partial charge in [0, 0.05) is 12.5 Å². The summed E-state index contributed by atoms with van der Waals surface area (Å²) in [6, 6.07) is 6.48. The molecule has 4 nitrogen and oxygen atoms in total. The standard InChI is InChI=1S/C18H27NO3/c1-3-21-14-10-9-13-11-17(19)15(16(13)12-14)7-5-6-8-18(20)22-4-2/h9-10,12,15,17H,3-8,11,19H2,1-2H3. The van der Waals surface area contributed by atoms with Crippen LogP contribution in [0.15, 0.2) is 18.2 Å². The average Bonchev–Trinajstić information content (AvgIpc) is 2.80. The van der Waals surface area contributed by atoms with Gasteiger partial charge in [-0.3, -0.25) is 4.79 Å². The Balaban J connectivity index is 1.89. The number of esters is 1. The highest BCUT2D eigenvalue weighted by molar-refractivity contribution is 5.69. The van der Waals surface area contributed by atoms with Crippen LogP contribution in [0, 0.1) is 0 Å². The van der Waals surface area contributed by atoms with Gasteiger partial charge in [0.1, 0.15) is 5.75 Å². The van der Waals surface area contributed by atoms with Crippen molar-refractivity contribution in [2.75, 3.05) is 13.2 Å². The SMILES string of the molecule is CCOC(=O)CCCCC1c2cc(OCC)ccc2CC1N. The smallest absolute Gasteiger partial charge is 0.305 e. The molecule has 1 aliphatic carbocycles. The summed E-state index contributed by atoms with van der Waals surface area (Å²) < 4.78 is 10.6. The Kier molecular flexibility index (Phi) is 6.25. The summed E-state index contributed by atoms with van der Waals surface area (Å²) in [7, 11) is 0. The van der Waals surface area contributed by atoms with E-state index in [0.29, 0.717) is 25.6 Å². The van der Waals surface area contributed by atoms with Gasteiger partial charge < -0.3 is 15.2 Å². The van der Waals surface area contributed by atoms with E-state index in [1.165, 1.54) is 11.1 Å². The number of unbranched alkanes of at least 4 members (excludes halogenated alkanes) is 1. The van der Waals surface area contributed by atoms with Crippen LogP contribution in [0.1, 0.15) is 56.6 Å². The monoisotopic (exact) mass is 305 g/mol. The Morgan fingerprint density at radius 1 is 1.27 bits per heavy atom. The van der Waals surface area contributed by atoms with E-state index in [0.717, 1.165) is 31.4 Å². The molecule has 0 saturated carbocycles. The van der Waals surface area contributed by atoms with Crippen molar-refractivity contribution in [2.45, 2.75) is 57.9 Å². The number of nitrogens with two attached hydrogens (primary N) is 1. The van der Waals surface area contributed by atoms with Crippen LogP contribution in [0.3, 0.4) is 0 Å². The summed E-state index contributed by atoms with van der Waals surface area (Å²) in [5.41, 5.74) is 8.98. The Morgan fingerprint density at radius 3 is 2.82 bits per heavy atom. The molecular weight excluding hydrogens is 278 g/mol. The number of rotatable bonds is 8. The number of fused-ring (bicyclic) bond motifs is 1. The van der Waals surface area contributed by atoms with Crippen LogP contribution < -0.4 is 10.5 Å². The molecule has 0 bridgehead atoms. The van der Waals surface area contributed by atoms with Crippen LogP contribution in [-0.4, -0.2) is 25.2 Å². The maximum atomic E-state index is 11.4. The van der Waals surface area contributed by atoms with Gasteiger partial charge in [0.2, 0.25) is 0 Å². The maximum absolute atomic E-state index is 11.4. The van der Waals surface area contributed by atoms with Gasteiger partial charge in [-0.25, -0.2) is 0 Å².